The van der Waals surface area contributed by atoms with Gasteiger partial charge in [-0.3, -0.25) is 9.59 Å². The molecule has 0 atom stereocenters. The maximum absolute atomic E-state index is 13.1. The molecule has 0 unspecified atom stereocenters. The summed E-state index contributed by atoms with van der Waals surface area (Å²) in [5.74, 6) is 0.911. The smallest absolute Gasteiger partial charge is 0.256 e. The number of carbonyl (C=O) groups excluding carboxylic acids is 2. The van der Waals surface area contributed by atoms with Gasteiger partial charge in [-0.2, -0.15) is 0 Å². The predicted octanol–water partition coefficient (Wildman–Crippen LogP) is 4.60. The molecule has 1 N–H and O–H groups in total. The molecule has 4 rings (SSSR count). The Morgan fingerprint density at radius 2 is 1.67 bits per heavy atom. The topological polar surface area (TPSA) is 73.9 Å². The standard InChI is InChI=1S/C23H18ClNO5/c1-28-19-9-7-15(13-18(19)24)25-23(27)17-5-3-2-4-16(17)22(26)14-6-8-20-21(12-14)30-11-10-29-20/h2-9,12-13H,10-11H2,1H3,(H,25,27). The molecule has 1 heterocycles. The molecule has 0 radical (unpaired) electrons. The first-order valence-corrected chi connectivity index (χ1v) is 9.63. The van der Waals surface area contributed by atoms with Gasteiger partial charge in [0.15, 0.2) is 17.3 Å². The number of hydrogen-bond acceptors (Lipinski definition) is 5. The number of anilines is 1. The number of ketones is 1. The molecule has 1 aliphatic rings. The van der Waals surface area contributed by atoms with Crippen LogP contribution in [0.15, 0.2) is 60.7 Å². The molecule has 0 fully saturated rings. The zero-order valence-electron chi connectivity index (χ0n) is 16.1. The molecule has 0 spiro atoms. The third-order valence-electron chi connectivity index (χ3n) is 4.63. The summed E-state index contributed by atoms with van der Waals surface area (Å²) in [5, 5.41) is 3.14. The molecule has 0 aromatic heterocycles. The largest absolute Gasteiger partial charge is 0.495 e. The van der Waals surface area contributed by atoms with E-state index in [1.807, 2.05) is 0 Å². The Labute approximate surface area is 178 Å². The zero-order valence-corrected chi connectivity index (χ0v) is 16.9. The predicted molar refractivity (Wildman–Crippen MR) is 113 cm³/mol. The van der Waals surface area contributed by atoms with Crippen LogP contribution in [0.2, 0.25) is 5.02 Å². The number of rotatable bonds is 5. The normalized spacial score (nSPS) is 12.2. The fraction of sp³-hybridized carbons (Fsp3) is 0.130. The van der Waals surface area contributed by atoms with Crippen molar-refractivity contribution in [2.24, 2.45) is 0 Å². The highest BCUT2D eigenvalue weighted by Crippen LogP contribution is 2.32. The van der Waals surface area contributed by atoms with Gasteiger partial charge in [-0.25, -0.2) is 0 Å². The molecule has 0 aliphatic carbocycles. The van der Waals surface area contributed by atoms with Gasteiger partial charge < -0.3 is 19.5 Å². The van der Waals surface area contributed by atoms with Crippen LogP contribution in [0, 0.1) is 0 Å². The van der Waals surface area contributed by atoms with Crippen molar-refractivity contribution in [3.05, 3.63) is 82.4 Å². The number of halogens is 1. The Morgan fingerprint density at radius 3 is 2.40 bits per heavy atom. The number of benzene rings is 3. The van der Waals surface area contributed by atoms with Crippen LogP contribution in [-0.2, 0) is 0 Å². The SMILES string of the molecule is COc1ccc(NC(=O)c2ccccc2C(=O)c2ccc3c(c2)OCCO3)cc1Cl. The van der Waals surface area contributed by atoms with Crippen LogP contribution in [0.3, 0.4) is 0 Å². The summed E-state index contributed by atoms with van der Waals surface area (Å²) in [5.41, 5.74) is 1.44. The lowest BCUT2D eigenvalue weighted by Gasteiger charge is -2.18. The highest BCUT2D eigenvalue weighted by atomic mass is 35.5. The third kappa shape index (κ3) is 3.95. The number of nitrogens with one attached hydrogen (secondary N) is 1. The minimum absolute atomic E-state index is 0.254. The number of methoxy groups -OCH3 is 1. The fourth-order valence-corrected chi connectivity index (χ4v) is 3.42. The molecule has 1 aliphatic heterocycles. The fourth-order valence-electron chi connectivity index (χ4n) is 3.16. The van der Waals surface area contributed by atoms with Crippen LogP contribution in [0.5, 0.6) is 17.2 Å². The van der Waals surface area contributed by atoms with Crippen LogP contribution in [-0.4, -0.2) is 32.0 Å². The number of hydrogen-bond donors (Lipinski definition) is 1. The van der Waals surface area contributed by atoms with E-state index in [2.05, 4.69) is 5.32 Å². The van der Waals surface area contributed by atoms with Crippen molar-refractivity contribution in [2.45, 2.75) is 0 Å². The Bertz CT molecular complexity index is 1130. The lowest BCUT2D eigenvalue weighted by atomic mass is 9.97. The molecule has 0 saturated heterocycles. The quantitative estimate of drug-likeness (QED) is 0.607. The summed E-state index contributed by atoms with van der Waals surface area (Å²) in [6, 6.07) is 16.6. The minimum Gasteiger partial charge on any atom is -0.495 e. The summed E-state index contributed by atoms with van der Waals surface area (Å²) >= 11 is 6.13. The molecule has 1 amide bonds. The zero-order chi connectivity index (χ0) is 21.1. The van der Waals surface area contributed by atoms with Crippen molar-refractivity contribution in [3.63, 3.8) is 0 Å². The minimum atomic E-state index is -0.419. The molecular formula is C23H18ClNO5. The Morgan fingerprint density at radius 1 is 0.933 bits per heavy atom. The molecule has 152 valence electrons. The second-order valence-electron chi connectivity index (χ2n) is 6.54. The molecule has 0 saturated carbocycles. The van der Waals surface area contributed by atoms with E-state index in [1.54, 1.807) is 60.7 Å². The maximum Gasteiger partial charge on any atom is 0.256 e. The van der Waals surface area contributed by atoms with Gasteiger partial charge in [-0.05, 0) is 42.5 Å². The van der Waals surface area contributed by atoms with Gasteiger partial charge in [-0.1, -0.05) is 29.8 Å². The second kappa shape index (κ2) is 8.47. The van der Waals surface area contributed by atoms with Gasteiger partial charge in [-0.15, -0.1) is 0 Å². The Kier molecular flexibility index (Phi) is 5.59. The highest BCUT2D eigenvalue weighted by molar-refractivity contribution is 6.32. The number of fused-ring (bicyclic) bond motifs is 1. The van der Waals surface area contributed by atoms with Gasteiger partial charge in [0.1, 0.15) is 19.0 Å². The van der Waals surface area contributed by atoms with E-state index in [1.165, 1.54) is 7.11 Å². The second-order valence-corrected chi connectivity index (χ2v) is 6.94. The molecule has 7 heteroatoms. The van der Waals surface area contributed by atoms with E-state index in [0.29, 0.717) is 46.7 Å². The van der Waals surface area contributed by atoms with Crippen LogP contribution < -0.4 is 19.5 Å². The molecule has 6 nitrogen and oxygen atoms in total. The van der Waals surface area contributed by atoms with Crippen LogP contribution in [0.25, 0.3) is 0 Å². The molecule has 30 heavy (non-hydrogen) atoms. The number of carbonyl (C=O) groups is 2. The van der Waals surface area contributed by atoms with E-state index >= 15 is 0 Å². The van der Waals surface area contributed by atoms with E-state index < -0.39 is 5.91 Å². The summed E-state index contributed by atoms with van der Waals surface area (Å²) in [6.07, 6.45) is 0. The van der Waals surface area contributed by atoms with Crippen molar-refractivity contribution in [1.82, 2.24) is 0 Å². The first-order chi connectivity index (χ1) is 14.6. The van der Waals surface area contributed by atoms with Crippen molar-refractivity contribution in [2.75, 3.05) is 25.6 Å². The average molecular weight is 424 g/mol. The van der Waals surface area contributed by atoms with Gasteiger partial charge in [0.25, 0.3) is 5.91 Å². The molecule has 0 bridgehead atoms. The number of amides is 1. The average Bonchev–Trinajstić information content (AvgIpc) is 2.78. The first-order valence-electron chi connectivity index (χ1n) is 9.25. The van der Waals surface area contributed by atoms with Crippen molar-refractivity contribution in [3.8, 4) is 17.2 Å². The van der Waals surface area contributed by atoms with Crippen molar-refractivity contribution >= 4 is 29.0 Å². The maximum atomic E-state index is 13.1. The molecule has 3 aromatic carbocycles. The van der Waals surface area contributed by atoms with E-state index in [9.17, 15) is 9.59 Å². The van der Waals surface area contributed by atoms with Gasteiger partial charge in [0.2, 0.25) is 0 Å². The monoisotopic (exact) mass is 423 g/mol. The highest BCUT2D eigenvalue weighted by Gasteiger charge is 2.21. The van der Waals surface area contributed by atoms with Gasteiger partial charge in [0.05, 0.1) is 17.7 Å². The lowest BCUT2D eigenvalue weighted by Crippen LogP contribution is -2.18. The summed E-state index contributed by atoms with van der Waals surface area (Å²) in [4.78, 5) is 26.0. The van der Waals surface area contributed by atoms with Crippen molar-refractivity contribution in [1.29, 1.82) is 0 Å². The Balaban J connectivity index is 1.61. The summed E-state index contributed by atoms with van der Waals surface area (Å²) < 4.78 is 16.2. The summed E-state index contributed by atoms with van der Waals surface area (Å²) in [7, 11) is 1.51. The van der Waals surface area contributed by atoms with Gasteiger partial charge in [0, 0.05) is 16.8 Å². The summed E-state index contributed by atoms with van der Waals surface area (Å²) in [6.45, 7) is 0.896. The third-order valence-corrected chi connectivity index (χ3v) is 4.93. The van der Waals surface area contributed by atoms with Crippen molar-refractivity contribution < 1.29 is 23.8 Å². The first kappa shape index (κ1) is 19.8. The van der Waals surface area contributed by atoms with Crippen LogP contribution >= 0.6 is 11.6 Å². The van der Waals surface area contributed by atoms with E-state index in [4.69, 9.17) is 25.8 Å². The van der Waals surface area contributed by atoms with E-state index in [-0.39, 0.29) is 16.9 Å². The lowest BCUT2D eigenvalue weighted by molar-refractivity contribution is 0.0996. The van der Waals surface area contributed by atoms with Crippen LogP contribution in [0.1, 0.15) is 26.3 Å². The molecular weight excluding hydrogens is 406 g/mol. The number of ether oxygens (including phenoxy) is 3. The van der Waals surface area contributed by atoms with Crippen LogP contribution in [0.4, 0.5) is 5.69 Å². The van der Waals surface area contributed by atoms with Gasteiger partial charge >= 0.3 is 0 Å². The Hall–Kier alpha value is -3.51. The van der Waals surface area contributed by atoms with E-state index in [0.717, 1.165) is 0 Å². The molecule has 3 aromatic rings.